The quantitative estimate of drug-likeness (QED) is 0.202. The molecule has 11 heteroatoms. The van der Waals surface area contributed by atoms with Crippen molar-refractivity contribution in [1.82, 2.24) is 5.32 Å². The number of fused-ring (bicyclic) bond motifs is 1. The Morgan fingerprint density at radius 3 is 2.50 bits per heavy atom. The standard InChI is InChI=1S/C22H24FN3O2.C7H9NO4/c1-4-15-16-12-18(23)21(25-10-8-24-9-11-25)22(28-3)20(16)26(14-6-7-14)13-17(15)19(27)5-2;1-5(11-2)6-3-4-7(12-6)8(9)10/h12-14,24,27H,1-2,6-11H2,3H3;3-5H,1-2H3. The van der Waals surface area contributed by atoms with Gasteiger partial charge < -0.3 is 34.1 Å². The third kappa shape index (κ3) is 5.68. The number of aliphatic hydroxyl groups is 1. The molecular weight excluding hydrogens is 519 g/mol. The Labute approximate surface area is 232 Å². The molecule has 1 aliphatic carbocycles. The molecular formula is C29H33FN4O6. The lowest BCUT2D eigenvalue weighted by Crippen LogP contribution is -2.44. The number of hydrogen-bond donors (Lipinski definition) is 2. The third-order valence-corrected chi connectivity index (χ3v) is 6.97. The molecule has 3 aliphatic rings. The van der Waals surface area contributed by atoms with E-state index >= 15 is 4.39 Å². The van der Waals surface area contributed by atoms with E-state index in [2.05, 4.69) is 34.8 Å². The number of benzene rings is 1. The Kier molecular flexibility index (Phi) is 8.82. The molecule has 0 spiro atoms. The zero-order valence-corrected chi connectivity index (χ0v) is 22.8. The number of piperazine rings is 1. The van der Waals surface area contributed by atoms with Crippen LogP contribution in [-0.2, 0) is 4.74 Å². The highest BCUT2D eigenvalue weighted by Crippen LogP contribution is 2.52. The lowest BCUT2D eigenvalue weighted by Gasteiger charge is -2.36. The van der Waals surface area contributed by atoms with Crippen LogP contribution in [0.3, 0.4) is 0 Å². The van der Waals surface area contributed by atoms with Crippen LogP contribution in [0, 0.1) is 15.9 Å². The Hall–Kier alpha value is -4.27. The number of hydrogen-bond acceptors (Lipinski definition) is 9. The summed E-state index contributed by atoms with van der Waals surface area (Å²) in [5, 5.41) is 23.8. The maximum atomic E-state index is 15.3. The van der Waals surface area contributed by atoms with Gasteiger partial charge in [0.1, 0.15) is 22.5 Å². The van der Waals surface area contributed by atoms with Gasteiger partial charge in [0.2, 0.25) is 0 Å². The monoisotopic (exact) mass is 552 g/mol. The van der Waals surface area contributed by atoms with E-state index < -0.39 is 4.92 Å². The first kappa shape index (κ1) is 28.7. The highest BCUT2D eigenvalue weighted by Gasteiger charge is 2.38. The Bertz CT molecular complexity index is 1410. The number of allylic oxidation sites excluding steroid dienone is 1. The van der Waals surface area contributed by atoms with Crippen molar-refractivity contribution < 1.29 is 28.3 Å². The normalized spacial score (nSPS) is 17.0. The summed E-state index contributed by atoms with van der Waals surface area (Å²) in [4.78, 5) is 13.7. The van der Waals surface area contributed by atoms with Crippen molar-refractivity contribution in [3.63, 3.8) is 0 Å². The van der Waals surface area contributed by atoms with Crippen molar-refractivity contribution >= 4 is 22.8 Å². The molecule has 0 amide bonds. The molecule has 1 unspecified atom stereocenters. The van der Waals surface area contributed by atoms with Crippen molar-refractivity contribution in [1.29, 1.82) is 0 Å². The van der Waals surface area contributed by atoms with Crippen LogP contribution < -0.4 is 19.9 Å². The minimum absolute atomic E-state index is 0.104. The number of rotatable bonds is 7. The van der Waals surface area contributed by atoms with Gasteiger partial charge in [-0.1, -0.05) is 18.9 Å². The number of nitro groups is 1. The van der Waals surface area contributed by atoms with Gasteiger partial charge >= 0.3 is 5.88 Å². The number of halogens is 1. The van der Waals surface area contributed by atoms with Crippen molar-refractivity contribution in [2.45, 2.75) is 31.9 Å². The molecule has 0 bridgehead atoms. The molecule has 5 rings (SSSR count). The van der Waals surface area contributed by atoms with Gasteiger partial charge in [0.15, 0.2) is 17.3 Å². The van der Waals surface area contributed by atoms with Crippen LogP contribution in [0.1, 0.15) is 37.2 Å². The van der Waals surface area contributed by atoms with Crippen LogP contribution in [-0.4, -0.2) is 56.5 Å². The molecule has 2 N–H and O–H groups in total. The molecule has 3 heterocycles. The van der Waals surface area contributed by atoms with E-state index in [1.54, 1.807) is 14.0 Å². The molecule has 40 heavy (non-hydrogen) atoms. The van der Waals surface area contributed by atoms with E-state index in [9.17, 15) is 15.2 Å². The smallest absolute Gasteiger partial charge is 0.433 e. The summed E-state index contributed by atoms with van der Waals surface area (Å²) in [6.45, 7) is 12.1. The second-order valence-electron chi connectivity index (χ2n) is 9.44. The number of furan rings is 1. The largest absolute Gasteiger partial charge is 0.501 e. The van der Waals surface area contributed by atoms with Gasteiger partial charge in [-0.05, 0) is 31.9 Å². The fourth-order valence-corrected chi connectivity index (χ4v) is 4.72. The van der Waals surface area contributed by atoms with E-state index in [0.717, 1.165) is 31.6 Å². The van der Waals surface area contributed by atoms with Crippen LogP contribution in [0.15, 0.2) is 64.8 Å². The van der Waals surface area contributed by atoms with Crippen molar-refractivity contribution in [2.75, 3.05) is 50.2 Å². The maximum absolute atomic E-state index is 15.3. The minimum atomic E-state index is -0.578. The van der Waals surface area contributed by atoms with E-state index in [4.69, 9.17) is 13.9 Å². The van der Waals surface area contributed by atoms with Gasteiger partial charge in [-0.15, -0.1) is 5.73 Å². The number of methoxy groups -OCH3 is 2. The highest BCUT2D eigenvalue weighted by molar-refractivity contribution is 5.97. The first-order valence-corrected chi connectivity index (χ1v) is 12.9. The molecule has 1 atom stereocenters. The van der Waals surface area contributed by atoms with Gasteiger partial charge in [0.25, 0.3) is 0 Å². The van der Waals surface area contributed by atoms with Gasteiger partial charge in [-0.2, -0.15) is 0 Å². The molecule has 10 nitrogen and oxygen atoms in total. The van der Waals surface area contributed by atoms with E-state index in [1.165, 1.54) is 25.3 Å². The average Bonchev–Trinajstić information content (AvgIpc) is 3.70. The predicted octanol–water partition coefficient (Wildman–Crippen LogP) is 5.40. The Morgan fingerprint density at radius 2 is 1.98 bits per heavy atom. The van der Waals surface area contributed by atoms with Crippen LogP contribution >= 0.6 is 0 Å². The SMILES string of the molecule is C=C=C(O)C1=CN(C2CC2)c2c(cc(F)c(N3CCNCC3)c2OC)C1=C=C.COC(C)c1ccc([N+](=O)[O-])o1. The molecule has 0 radical (unpaired) electrons. The maximum Gasteiger partial charge on any atom is 0.433 e. The summed E-state index contributed by atoms with van der Waals surface area (Å²) in [6, 6.07) is 4.63. The van der Waals surface area contributed by atoms with E-state index in [1.807, 2.05) is 11.1 Å². The average molecular weight is 553 g/mol. The second kappa shape index (κ2) is 12.3. The molecule has 1 aromatic carbocycles. The van der Waals surface area contributed by atoms with Gasteiger partial charge in [0.05, 0.1) is 24.4 Å². The summed E-state index contributed by atoms with van der Waals surface area (Å²) in [6.07, 6.45) is 3.65. The van der Waals surface area contributed by atoms with Crippen LogP contribution in [0.4, 0.5) is 21.6 Å². The number of anilines is 2. The number of nitrogens with one attached hydrogen (secondary N) is 1. The lowest BCUT2D eigenvalue weighted by atomic mass is 9.91. The molecule has 1 saturated heterocycles. The zero-order chi connectivity index (χ0) is 29.0. The zero-order valence-electron chi connectivity index (χ0n) is 22.8. The number of aliphatic hydroxyl groups excluding tert-OH is 1. The summed E-state index contributed by atoms with van der Waals surface area (Å²) >= 11 is 0. The summed E-state index contributed by atoms with van der Waals surface area (Å²) in [7, 11) is 3.09. The summed E-state index contributed by atoms with van der Waals surface area (Å²) in [5.74, 6) is 0.254. The van der Waals surface area contributed by atoms with E-state index in [-0.39, 0.29) is 29.6 Å². The van der Waals surface area contributed by atoms with Crippen LogP contribution in [0.2, 0.25) is 0 Å². The second-order valence-corrected chi connectivity index (χ2v) is 9.44. The first-order chi connectivity index (χ1) is 19.2. The molecule has 2 aliphatic heterocycles. The summed E-state index contributed by atoms with van der Waals surface area (Å²) < 4.78 is 30.9. The molecule has 2 fully saturated rings. The lowest BCUT2D eigenvalue weighted by molar-refractivity contribution is -0.402. The highest BCUT2D eigenvalue weighted by atomic mass is 19.1. The Morgan fingerprint density at radius 1 is 1.27 bits per heavy atom. The van der Waals surface area contributed by atoms with Gasteiger partial charge in [-0.3, -0.25) is 10.1 Å². The van der Waals surface area contributed by atoms with Crippen LogP contribution in [0.25, 0.3) is 5.57 Å². The predicted molar refractivity (Wildman–Crippen MR) is 150 cm³/mol. The third-order valence-electron chi connectivity index (χ3n) is 6.97. The minimum Gasteiger partial charge on any atom is -0.501 e. The van der Waals surface area contributed by atoms with Crippen molar-refractivity contribution in [3.8, 4) is 5.75 Å². The number of ether oxygens (including phenoxy) is 2. The molecule has 2 aromatic rings. The molecule has 1 aromatic heterocycles. The van der Waals surface area contributed by atoms with Crippen molar-refractivity contribution in [2.24, 2.45) is 0 Å². The Balaban J connectivity index is 0.000000259. The van der Waals surface area contributed by atoms with Gasteiger partial charge in [0, 0.05) is 56.7 Å². The fourth-order valence-electron chi connectivity index (χ4n) is 4.72. The van der Waals surface area contributed by atoms with E-state index in [0.29, 0.717) is 47.0 Å². The molecule has 212 valence electrons. The number of nitrogens with zero attached hydrogens (tertiary/aromatic N) is 3. The first-order valence-electron chi connectivity index (χ1n) is 12.9. The van der Waals surface area contributed by atoms with Gasteiger partial charge in [-0.25, -0.2) is 4.39 Å². The summed E-state index contributed by atoms with van der Waals surface area (Å²) in [5.41, 5.74) is 8.27. The van der Waals surface area contributed by atoms with Crippen LogP contribution in [0.5, 0.6) is 5.75 Å². The molecule has 1 saturated carbocycles. The topological polar surface area (TPSA) is 113 Å². The fraction of sp³-hybridized carbons (Fsp3) is 0.379. The van der Waals surface area contributed by atoms with Crippen molar-refractivity contribution in [3.05, 3.63) is 87.6 Å².